The maximum atomic E-state index is 11.6. The van der Waals surface area contributed by atoms with Crippen LogP contribution in [-0.4, -0.2) is 152 Å². The summed E-state index contributed by atoms with van der Waals surface area (Å²) in [6, 6.07) is 16.3. The van der Waals surface area contributed by atoms with E-state index in [1.807, 2.05) is 62.9 Å². The molecule has 21 heteroatoms. The number of hydrazone groups is 2. The van der Waals surface area contributed by atoms with Gasteiger partial charge in [0.05, 0.1) is 44.4 Å². The van der Waals surface area contributed by atoms with E-state index >= 15 is 0 Å². The molecule has 20 nitrogen and oxygen atoms in total. The fourth-order valence-electron chi connectivity index (χ4n) is 6.56. The third-order valence-electron chi connectivity index (χ3n) is 10.2. The highest BCUT2D eigenvalue weighted by Gasteiger charge is 2.22. The fourth-order valence-corrected chi connectivity index (χ4v) is 6.70. The average Bonchev–Trinajstić information content (AvgIpc) is 4.17. The number of aromatic amines is 1. The number of methoxy groups -OCH3 is 2. The molecule has 2 aromatic carbocycles. The third-order valence-corrected chi connectivity index (χ3v) is 10.5. The molecule has 1 aromatic heterocycles. The second-order valence-corrected chi connectivity index (χ2v) is 15.7. The van der Waals surface area contributed by atoms with Crippen LogP contribution in [-0.2, 0) is 26.6 Å². The standard InChI is InChI=1S/C14H20N2O2.C13H20N2O.C6H10N2.C5H10N4.C5H9N3.C3H8N2O2S.4CH4/c1-3-14(17)16-10-8-15(9-11-16)12-6-4-5-7-13(12)18-2;1-3-14-8-10-15(11-9-14)12-6-4-5-7-13(12)16-2;1-3-6-5(2)4-7-8-6;1-2-8-9-5-6-3-4-7-5;1-3-5-6-4(2)7-8-5;1-3-4-5-7-8(2)6;;;;/h4-7H,3,8-11H2,1-2H3;4-7H,3,8-11H2,1-2H3;3-4H2,1-2H3;2H,3-4H2,1H3,(H2,6,7,9);3H2,1-2H3,(H,6,7,8);3,5H,1-2H3;4*1H4/b;;;;;4-3+;;;;. The van der Waals surface area contributed by atoms with Crippen molar-refractivity contribution in [3.63, 3.8) is 0 Å². The average molecular weight is 1020 g/mol. The van der Waals surface area contributed by atoms with E-state index < -0.39 is 11.1 Å². The number of hydrogen-bond donors (Lipinski definition) is 4. The minimum atomic E-state index is -1.29. The number of piperazine rings is 2. The van der Waals surface area contributed by atoms with Crippen LogP contribution in [0.15, 0.2) is 85.2 Å². The van der Waals surface area contributed by atoms with Gasteiger partial charge >= 0.3 is 0 Å². The largest absolute Gasteiger partial charge is 0.495 e. The summed E-state index contributed by atoms with van der Waals surface area (Å²) in [5, 5.41) is 24.7. The number of nitrogens with one attached hydrogen (secondary N) is 4. The van der Waals surface area contributed by atoms with E-state index in [1.165, 1.54) is 29.4 Å². The number of ether oxygens (including phenoxy) is 2. The van der Waals surface area contributed by atoms with E-state index in [4.69, 9.17) is 9.47 Å². The van der Waals surface area contributed by atoms with E-state index in [-0.39, 0.29) is 35.6 Å². The van der Waals surface area contributed by atoms with Crippen molar-refractivity contribution in [2.24, 2.45) is 25.4 Å². The summed E-state index contributed by atoms with van der Waals surface area (Å²) < 4.78 is 25.1. The van der Waals surface area contributed by atoms with Crippen molar-refractivity contribution in [2.45, 2.75) is 104 Å². The second-order valence-electron chi connectivity index (χ2n) is 14.8. The molecule has 2 fully saturated rings. The molecule has 0 radical (unpaired) electrons. The van der Waals surface area contributed by atoms with E-state index in [1.54, 1.807) is 27.4 Å². The Kier molecular flexibility index (Phi) is 40.8. The Hall–Kier alpha value is -5.93. The molecule has 0 aliphatic carbocycles. The molecule has 1 amide bonds. The van der Waals surface area contributed by atoms with E-state index in [0.29, 0.717) is 6.42 Å². The zero-order valence-electron chi connectivity index (χ0n) is 41.7. The molecule has 0 saturated carbocycles. The number of carbonyl (C=O) groups is 1. The Balaban J connectivity index is -0.000000801. The van der Waals surface area contributed by atoms with Gasteiger partial charge in [-0.15, -0.1) is 0 Å². The monoisotopic (exact) mass is 1020 g/mol. The van der Waals surface area contributed by atoms with Crippen LogP contribution in [0.25, 0.3) is 0 Å². The van der Waals surface area contributed by atoms with Gasteiger partial charge in [-0.1, -0.05) is 81.7 Å². The van der Waals surface area contributed by atoms with Crippen LogP contribution in [0.1, 0.15) is 103 Å². The number of rotatable bonds is 12. The van der Waals surface area contributed by atoms with Gasteiger partial charge in [0.15, 0.2) is 11.1 Å². The molecule has 4 aliphatic heterocycles. The summed E-state index contributed by atoms with van der Waals surface area (Å²) in [6.45, 7) is 27.4. The fraction of sp³-hybridized carbons (Fsp3) is 0.600. The first-order chi connectivity index (χ1) is 32.5. The van der Waals surface area contributed by atoms with Crippen molar-refractivity contribution < 1.29 is 22.8 Å². The van der Waals surface area contributed by atoms with Crippen LogP contribution in [0.2, 0.25) is 0 Å². The van der Waals surface area contributed by atoms with Gasteiger partial charge in [0.25, 0.3) is 0 Å². The maximum Gasteiger partial charge on any atom is 0.222 e. The topological polar surface area (TPSA) is 214 Å². The minimum absolute atomic E-state index is 0. The van der Waals surface area contributed by atoms with Crippen molar-refractivity contribution in [3.8, 4) is 11.5 Å². The Morgan fingerprint density at radius 3 is 1.72 bits per heavy atom. The summed E-state index contributed by atoms with van der Waals surface area (Å²) >= 11 is -1.29. The Morgan fingerprint density at radius 1 is 0.803 bits per heavy atom. The highest BCUT2D eigenvalue weighted by Crippen LogP contribution is 2.29. The van der Waals surface area contributed by atoms with E-state index in [2.05, 4.69) is 115 Å². The molecule has 2 saturated heterocycles. The zero-order chi connectivity index (χ0) is 49.2. The highest BCUT2D eigenvalue weighted by molar-refractivity contribution is 7.79. The van der Waals surface area contributed by atoms with Gasteiger partial charge in [-0.05, 0) is 70.5 Å². The normalized spacial score (nSPS) is 14.9. The number of aromatic nitrogens is 3. The predicted molar refractivity (Wildman–Crippen MR) is 300 cm³/mol. The summed E-state index contributed by atoms with van der Waals surface area (Å²) in [6.07, 6.45) is 7.10. The third kappa shape index (κ3) is 27.3. The maximum absolute atomic E-state index is 11.6. The van der Waals surface area contributed by atoms with Crippen molar-refractivity contribution in [2.75, 3.05) is 109 Å². The molecule has 5 heterocycles. The Morgan fingerprint density at radius 2 is 1.35 bits per heavy atom. The number of aliphatic imine (C=N–C) groups is 1. The molecule has 71 heavy (non-hydrogen) atoms. The smallest absolute Gasteiger partial charge is 0.222 e. The number of benzene rings is 2. The molecule has 404 valence electrons. The second kappa shape index (κ2) is 41.8. The lowest BCUT2D eigenvalue weighted by molar-refractivity contribution is -0.131. The number of anilines is 2. The summed E-state index contributed by atoms with van der Waals surface area (Å²) in [5.74, 6) is 4.67. The van der Waals surface area contributed by atoms with Crippen molar-refractivity contribution in [3.05, 3.63) is 71.4 Å². The molecule has 1 unspecified atom stereocenters. The Bertz CT molecular complexity index is 2010. The van der Waals surface area contributed by atoms with Gasteiger partial charge in [-0.2, -0.15) is 35.4 Å². The SMILES string of the molecule is C.C.C.C.C/C=N/NOS(C)=O.CC=NNC1=NCCN1.CCC(=O)N1CCN(c2ccccc2OC)CC1.CCC1=C(C)CN=N1.CCN1CCN(c2ccccc2OC)CC1.CCc1n[nH]c(C)n1. The van der Waals surface area contributed by atoms with Gasteiger partial charge < -0.3 is 34.4 Å². The van der Waals surface area contributed by atoms with Gasteiger partial charge in [0, 0.05) is 90.4 Å². The first kappa shape index (κ1) is 69.3. The molecule has 0 bridgehead atoms. The van der Waals surface area contributed by atoms with Gasteiger partial charge in [0.1, 0.15) is 23.1 Å². The number of likely N-dealkylation sites (N-methyl/N-ethyl adjacent to an activating group) is 1. The van der Waals surface area contributed by atoms with Crippen LogP contribution in [0.5, 0.6) is 11.5 Å². The van der Waals surface area contributed by atoms with Crippen molar-refractivity contribution >= 4 is 46.8 Å². The van der Waals surface area contributed by atoms with E-state index in [9.17, 15) is 9.00 Å². The lowest BCUT2D eigenvalue weighted by atomic mass is 10.2. The molecule has 0 spiro atoms. The van der Waals surface area contributed by atoms with Gasteiger partial charge in [0.2, 0.25) is 11.9 Å². The quantitative estimate of drug-likeness (QED) is 0.0994. The molecular weight excluding hydrogens is 923 g/mol. The van der Waals surface area contributed by atoms with Crippen molar-refractivity contribution in [1.29, 1.82) is 0 Å². The Labute approximate surface area is 430 Å². The number of guanidine groups is 1. The van der Waals surface area contributed by atoms with Crippen LogP contribution < -0.4 is 35.6 Å². The van der Waals surface area contributed by atoms with Gasteiger partial charge in [-0.25, -0.2) is 19.6 Å². The van der Waals surface area contributed by atoms with E-state index in [0.717, 1.165) is 126 Å². The van der Waals surface area contributed by atoms with Crippen LogP contribution in [0.3, 0.4) is 0 Å². The number of amides is 1. The predicted octanol–water partition coefficient (Wildman–Crippen LogP) is 8.29. The van der Waals surface area contributed by atoms with Gasteiger partial charge in [-0.3, -0.25) is 9.89 Å². The lowest BCUT2D eigenvalue weighted by Crippen LogP contribution is -2.48. The molecule has 4 aliphatic rings. The molecular formula is C50H93N15O5S. The number of para-hydroxylation sites is 4. The molecule has 4 N–H and O–H groups in total. The first-order valence-electron chi connectivity index (χ1n) is 22.9. The van der Waals surface area contributed by atoms with Crippen molar-refractivity contribution in [1.82, 2.24) is 41.3 Å². The lowest BCUT2D eigenvalue weighted by Gasteiger charge is -2.36. The van der Waals surface area contributed by atoms with Crippen LogP contribution in [0.4, 0.5) is 11.4 Å². The van der Waals surface area contributed by atoms with Crippen LogP contribution >= 0.6 is 0 Å². The number of aryl methyl sites for hydroxylation is 2. The summed E-state index contributed by atoms with van der Waals surface area (Å²) in [4.78, 5) is 28.8. The number of allylic oxidation sites excluding steroid dienone is 1. The number of carbonyl (C=O) groups excluding carboxylic acids is 1. The number of azo groups is 1. The number of H-pyrrole nitrogens is 1. The summed E-state index contributed by atoms with van der Waals surface area (Å²) in [7, 11) is 3.43. The molecule has 3 aromatic rings. The first-order valence-corrected chi connectivity index (χ1v) is 24.4. The van der Waals surface area contributed by atoms with Crippen LogP contribution in [0, 0.1) is 6.92 Å². The molecule has 1 atom stereocenters. The minimum Gasteiger partial charge on any atom is -0.495 e. The molecule has 7 rings (SSSR count). The highest BCUT2D eigenvalue weighted by atomic mass is 32.2. The zero-order valence-corrected chi connectivity index (χ0v) is 42.6. The number of hydrogen-bond acceptors (Lipinski definition) is 18. The summed E-state index contributed by atoms with van der Waals surface area (Å²) in [5.41, 5.74) is 9.68. The number of nitrogens with zero attached hydrogens (tertiary/aromatic N) is 11.